The molecule has 0 amide bonds. The van der Waals surface area contributed by atoms with Crippen LogP contribution >= 0.6 is 11.6 Å². The molecule has 27 heavy (non-hydrogen) atoms. The van der Waals surface area contributed by atoms with Crippen molar-refractivity contribution < 1.29 is 14.9 Å². The van der Waals surface area contributed by atoms with E-state index in [0.29, 0.717) is 11.6 Å². The van der Waals surface area contributed by atoms with E-state index in [4.69, 9.17) is 21.4 Å². The van der Waals surface area contributed by atoms with E-state index in [9.17, 15) is 5.11 Å². The van der Waals surface area contributed by atoms with Crippen LogP contribution in [0.5, 0.6) is 17.2 Å². The molecule has 2 heterocycles. The average molecular weight is 386 g/mol. The number of halogens is 1. The maximum absolute atomic E-state index is 9.78. The zero-order chi connectivity index (χ0) is 19.0. The number of aromatic hydroxyl groups is 1. The first-order valence-corrected chi connectivity index (χ1v) is 8.16. The van der Waals surface area contributed by atoms with Gasteiger partial charge in [-0.05, 0) is 23.7 Å². The molecule has 0 radical (unpaired) electrons. The van der Waals surface area contributed by atoms with Gasteiger partial charge in [-0.15, -0.1) is 0 Å². The Kier molecular flexibility index (Phi) is 4.13. The number of anilines is 2. The maximum atomic E-state index is 9.78. The summed E-state index contributed by atoms with van der Waals surface area (Å²) in [5, 5.41) is 20.8. The second kappa shape index (κ2) is 6.61. The monoisotopic (exact) mass is 385 g/mol. The number of aromatic nitrogens is 5. The number of ether oxygens (including phenoxy) is 1. The summed E-state index contributed by atoms with van der Waals surface area (Å²) in [6, 6.07) is 10.4. The molecule has 9 nitrogen and oxygen atoms in total. The largest absolute Gasteiger partial charge is 0.591 e. The number of nitrogens with zero attached hydrogens (tertiary/aromatic N) is 5. The lowest BCUT2D eigenvalue weighted by molar-refractivity contribution is 0.351. The molecule has 0 aliphatic carbocycles. The van der Waals surface area contributed by atoms with Crippen molar-refractivity contribution in [2.75, 3.05) is 12.4 Å². The second-order valence-electron chi connectivity index (χ2n) is 5.51. The molecule has 10 heteroatoms. The van der Waals surface area contributed by atoms with Crippen molar-refractivity contribution in [1.29, 1.82) is 0 Å². The van der Waals surface area contributed by atoms with Crippen molar-refractivity contribution in [3.63, 3.8) is 0 Å². The molecule has 0 aliphatic heterocycles. The molecule has 0 spiro atoms. The molecule has 0 fully saturated rings. The van der Waals surface area contributed by atoms with Crippen LogP contribution in [0.1, 0.15) is 0 Å². The van der Waals surface area contributed by atoms with Crippen molar-refractivity contribution in [2.45, 2.75) is 0 Å². The fraction of sp³-hybridized carbons (Fsp3) is 0.0588. The van der Waals surface area contributed by atoms with Crippen molar-refractivity contribution in [3.05, 3.63) is 48.0 Å². The van der Waals surface area contributed by atoms with Crippen LogP contribution < -0.4 is 10.1 Å². The Morgan fingerprint density at radius 3 is 2.81 bits per heavy atom. The first-order valence-electron chi connectivity index (χ1n) is 7.79. The first kappa shape index (κ1) is 16.9. The van der Waals surface area contributed by atoms with Gasteiger partial charge in [-0.25, -0.2) is 15.0 Å². The molecular weight excluding hydrogens is 372 g/mol. The summed E-state index contributed by atoms with van der Waals surface area (Å²) in [7, 11) is 1.41. The van der Waals surface area contributed by atoms with Crippen molar-refractivity contribution >= 4 is 34.3 Å². The summed E-state index contributed by atoms with van der Waals surface area (Å²) < 4.78 is 6.67. The van der Waals surface area contributed by atoms with Crippen LogP contribution in [-0.2, 0) is 0 Å². The van der Waals surface area contributed by atoms with Gasteiger partial charge in [0, 0.05) is 6.07 Å². The highest BCUT2D eigenvalue weighted by Gasteiger charge is 2.16. The Hall–Kier alpha value is -3.59. The lowest BCUT2D eigenvalue weighted by Gasteiger charge is -2.09. The van der Waals surface area contributed by atoms with E-state index in [0.717, 1.165) is 11.0 Å². The van der Waals surface area contributed by atoms with Crippen LogP contribution in [0.15, 0.2) is 42.7 Å². The van der Waals surface area contributed by atoms with Crippen LogP contribution in [0, 0.1) is 0 Å². The van der Waals surface area contributed by atoms with Gasteiger partial charge in [0.15, 0.2) is 5.75 Å². The van der Waals surface area contributed by atoms with Crippen LogP contribution in [0.3, 0.4) is 0 Å². The summed E-state index contributed by atoms with van der Waals surface area (Å²) in [5.41, 5.74) is 1.97. The Morgan fingerprint density at radius 2 is 2.00 bits per heavy atom. The molecule has 0 saturated carbocycles. The molecule has 2 aromatic carbocycles. The molecule has 0 aliphatic rings. The highest BCUT2D eigenvalue weighted by atomic mass is 35.5. The molecule has 4 aromatic rings. The molecule has 0 saturated heterocycles. The number of hydrogen-bond donors (Lipinski definition) is 2. The predicted molar refractivity (Wildman–Crippen MR) is 100 cm³/mol. The standard InChI is InChI=1S/C17H13ClN6O3/c1-27-13-7-9(6-12(25)14(13)26)21-16-19-8-20-17(23-16)24-11-5-3-2-4-10(11)22-15(24)18/h2-8,25-26H,1H3,(H,19,20,21,23)/p+1. The molecule has 2 aromatic heterocycles. The normalized spacial score (nSPS) is 10.9. The summed E-state index contributed by atoms with van der Waals surface area (Å²) in [6.45, 7) is 0. The fourth-order valence-electron chi connectivity index (χ4n) is 2.61. The van der Waals surface area contributed by atoms with Gasteiger partial charge >= 0.3 is 5.75 Å². The summed E-state index contributed by atoms with van der Waals surface area (Å²) in [4.78, 5) is 16.9. The van der Waals surface area contributed by atoms with Crippen LogP contribution in [0.4, 0.5) is 11.6 Å². The number of imidazole rings is 1. The highest BCUT2D eigenvalue weighted by Crippen LogP contribution is 2.38. The number of methoxy groups -OCH3 is 1. The number of phenols is 1. The number of para-hydroxylation sites is 2. The van der Waals surface area contributed by atoms with Crippen molar-refractivity contribution in [3.8, 4) is 23.2 Å². The molecular formula is C17H14ClN6O3+. The third-order valence-corrected chi connectivity index (χ3v) is 4.08. The van der Waals surface area contributed by atoms with E-state index in [1.807, 2.05) is 24.3 Å². The minimum absolute atomic E-state index is 0.0882. The number of fused-ring (bicyclic) bond motifs is 1. The van der Waals surface area contributed by atoms with Crippen LogP contribution in [0.2, 0.25) is 5.28 Å². The van der Waals surface area contributed by atoms with Gasteiger partial charge in [0.1, 0.15) is 6.33 Å². The van der Waals surface area contributed by atoms with Gasteiger partial charge in [-0.2, -0.15) is 4.98 Å². The quantitative estimate of drug-likeness (QED) is 0.409. The highest BCUT2D eigenvalue weighted by molar-refractivity contribution is 6.29. The van der Waals surface area contributed by atoms with Crippen LogP contribution in [0.25, 0.3) is 17.0 Å². The lowest BCUT2D eigenvalue weighted by atomic mass is 10.2. The molecule has 0 unspecified atom stereocenters. The van der Waals surface area contributed by atoms with Gasteiger partial charge in [0.25, 0.3) is 5.75 Å². The minimum atomic E-state index is -0.240. The number of hydrogen-bond acceptors (Lipinski definition) is 7. The summed E-state index contributed by atoms with van der Waals surface area (Å²) in [6.07, 6.45) is 1.34. The van der Waals surface area contributed by atoms with Crippen molar-refractivity contribution in [1.82, 2.24) is 24.5 Å². The minimum Gasteiger partial charge on any atom is -0.591 e. The maximum Gasteiger partial charge on any atom is 0.302 e. The van der Waals surface area contributed by atoms with E-state index in [-0.39, 0.29) is 28.5 Å². The van der Waals surface area contributed by atoms with Gasteiger partial charge in [-0.1, -0.05) is 12.1 Å². The van der Waals surface area contributed by atoms with Crippen molar-refractivity contribution in [2.24, 2.45) is 0 Å². The Balaban J connectivity index is 1.73. The average Bonchev–Trinajstić information content (AvgIpc) is 3.00. The predicted octanol–water partition coefficient (Wildman–Crippen LogP) is 2.76. The first-order chi connectivity index (χ1) is 13.1. The third kappa shape index (κ3) is 3.04. The Labute approximate surface area is 157 Å². The number of nitrogens with one attached hydrogen (secondary N) is 1. The van der Waals surface area contributed by atoms with Gasteiger partial charge in [-0.3, -0.25) is 4.57 Å². The zero-order valence-electron chi connectivity index (χ0n) is 14.0. The third-order valence-electron chi connectivity index (χ3n) is 3.83. The van der Waals surface area contributed by atoms with E-state index in [2.05, 4.69) is 25.3 Å². The van der Waals surface area contributed by atoms with E-state index >= 15 is 0 Å². The zero-order valence-corrected chi connectivity index (χ0v) is 14.8. The molecule has 4 N–H and O–H groups in total. The number of benzene rings is 2. The molecule has 136 valence electrons. The Morgan fingerprint density at radius 1 is 1.19 bits per heavy atom. The number of rotatable bonds is 4. The molecule has 4 rings (SSSR count). The SMILES string of the molecule is COc1cc(Nc2ncnc(-n3c(Cl)nc4ccccc43)n2)cc([OH2+])c1O. The Bertz CT molecular complexity index is 1150. The lowest BCUT2D eigenvalue weighted by Crippen LogP contribution is -2.05. The van der Waals surface area contributed by atoms with E-state index < -0.39 is 0 Å². The fourth-order valence-corrected chi connectivity index (χ4v) is 2.86. The van der Waals surface area contributed by atoms with Gasteiger partial charge in [0.2, 0.25) is 17.2 Å². The summed E-state index contributed by atoms with van der Waals surface area (Å²) in [5.74, 6) is 0.373. The van der Waals surface area contributed by atoms with Gasteiger partial charge < -0.3 is 20.3 Å². The topological polar surface area (TPSA) is 121 Å². The molecule has 0 atom stereocenters. The smallest absolute Gasteiger partial charge is 0.302 e. The second-order valence-corrected chi connectivity index (χ2v) is 5.85. The van der Waals surface area contributed by atoms with E-state index in [1.54, 1.807) is 4.57 Å². The van der Waals surface area contributed by atoms with E-state index in [1.165, 1.54) is 25.6 Å². The number of phenolic OH excluding ortho intramolecular Hbond substituents is 1. The van der Waals surface area contributed by atoms with Crippen LogP contribution in [-0.4, -0.2) is 41.8 Å². The summed E-state index contributed by atoms with van der Waals surface area (Å²) >= 11 is 6.25. The molecule has 0 bridgehead atoms. The van der Waals surface area contributed by atoms with Gasteiger partial charge in [0.05, 0.1) is 29.9 Å².